The molecule has 4 aromatic rings. The van der Waals surface area contributed by atoms with Crippen LogP contribution in [0.25, 0.3) is 0 Å². The molecule has 0 aliphatic rings. The molecule has 4 aromatic carbocycles. The minimum atomic E-state index is -0.106. The van der Waals surface area contributed by atoms with Gasteiger partial charge in [-0.25, -0.2) is 20.0 Å². The number of hydrogen-bond donors (Lipinski definition) is 0. The fourth-order valence-electron chi connectivity index (χ4n) is 5.62. The zero-order valence-electron chi connectivity index (χ0n) is 29.4. The van der Waals surface area contributed by atoms with Gasteiger partial charge in [-0.15, -0.1) is 0 Å². The van der Waals surface area contributed by atoms with Crippen molar-refractivity contribution in [2.75, 3.05) is 14.1 Å². The second-order valence-corrected chi connectivity index (χ2v) is 15.4. The van der Waals surface area contributed by atoms with Gasteiger partial charge in [0.05, 0.1) is 11.4 Å². The third-order valence-electron chi connectivity index (χ3n) is 7.99. The predicted molar refractivity (Wildman–Crippen MR) is 202 cm³/mol. The first-order valence-corrected chi connectivity index (χ1v) is 20.3. The fourth-order valence-corrected chi connectivity index (χ4v) is 5.62. The van der Waals surface area contributed by atoms with Crippen molar-refractivity contribution in [3.63, 3.8) is 0 Å². The number of rotatable bonds is 9. The van der Waals surface area contributed by atoms with Gasteiger partial charge in [0.25, 0.3) is 0 Å². The third kappa shape index (κ3) is 10.1. The quantitative estimate of drug-likeness (QED) is 0.0736. The summed E-state index contributed by atoms with van der Waals surface area (Å²) in [6.07, 6.45) is 0. The van der Waals surface area contributed by atoms with E-state index < -0.39 is 0 Å². The van der Waals surface area contributed by atoms with E-state index in [2.05, 4.69) is 177 Å². The number of nitrogens with zero attached hydrogens (tertiary/aromatic N) is 4. The molecule has 7 heteroatoms. The standard InChI is InChI=1S/C40H50N4.2ClH.Pd/c1-27(2)33-23-17-24-34(28(3)4)37(33)41-39(31-19-13-11-14-20-31)44(43(9)10)40(32-21-15-12-16-22-32)42-38-35(29(5)6)25-18-26-36(38)30(7)8;;;/h11-30H,1-10H3;2*1H;/q;;;+2/p-2. The molecule has 0 atom stereocenters. The molecule has 0 saturated heterocycles. The Labute approximate surface area is 300 Å². The molecule has 0 amide bonds. The summed E-state index contributed by atoms with van der Waals surface area (Å²) in [7, 11) is 13.8. The van der Waals surface area contributed by atoms with Crippen molar-refractivity contribution < 1.29 is 15.9 Å². The topological polar surface area (TPSA) is 31.2 Å². The number of aliphatic imine (C=N–C) groups is 2. The van der Waals surface area contributed by atoms with Crippen LogP contribution in [0.5, 0.6) is 0 Å². The Bertz CT molecular complexity index is 1440. The van der Waals surface area contributed by atoms with Gasteiger partial charge in [-0.1, -0.05) is 152 Å². The second kappa shape index (κ2) is 18.7. The Morgan fingerprint density at radius 2 is 0.766 bits per heavy atom. The van der Waals surface area contributed by atoms with Crippen molar-refractivity contribution in [1.82, 2.24) is 10.0 Å². The average Bonchev–Trinajstić information content (AvgIpc) is 3.04. The van der Waals surface area contributed by atoms with Gasteiger partial charge < -0.3 is 0 Å². The summed E-state index contributed by atoms with van der Waals surface area (Å²) in [5, 5.41) is 4.30. The minimum absolute atomic E-state index is 0.106. The molecule has 0 unspecified atom stereocenters. The van der Waals surface area contributed by atoms with Gasteiger partial charge in [0.1, 0.15) is 0 Å². The number of para-hydroxylation sites is 2. The van der Waals surface area contributed by atoms with Gasteiger partial charge in [0.2, 0.25) is 0 Å². The molecule has 0 spiro atoms. The zero-order valence-corrected chi connectivity index (χ0v) is 32.5. The number of benzene rings is 4. The monoisotopic (exact) mass is 762 g/mol. The van der Waals surface area contributed by atoms with Crippen LogP contribution in [-0.2, 0) is 15.9 Å². The summed E-state index contributed by atoms with van der Waals surface area (Å²) < 4.78 is 0. The molecule has 0 aromatic heterocycles. The number of hydrazine groups is 1. The average molecular weight is 764 g/mol. The molecule has 0 saturated carbocycles. The van der Waals surface area contributed by atoms with E-state index in [0.717, 1.165) is 34.2 Å². The second-order valence-electron chi connectivity index (χ2n) is 13.0. The third-order valence-corrected chi connectivity index (χ3v) is 7.99. The summed E-state index contributed by atoms with van der Waals surface area (Å²) in [4.78, 5) is 11.2. The Morgan fingerprint density at radius 1 is 0.489 bits per heavy atom. The molecule has 0 heterocycles. The van der Waals surface area contributed by atoms with E-state index in [0.29, 0.717) is 23.7 Å². The van der Waals surface area contributed by atoms with E-state index in [1.807, 2.05) is 0 Å². The first kappa shape index (κ1) is 38.7. The van der Waals surface area contributed by atoms with Crippen LogP contribution in [0.1, 0.15) is 112 Å². The van der Waals surface area contributed by atoms with Crippen molar-refractivity contribution in [3.8, 4) is 0 Å². The molecule has 0 N–H and O–H groups in total. The Morgan fingerprint density at radius 3 is 1.00 bits per heavy atom. The van der Waals surface area contributed by atoms with Crippen LogP contribution in [0.3, 0.4) is 0 Å². The van der Waals surface area contributed by atoms with E-state index in [1.54, 1.807) is 0 Å². The van der Waals surface area contributed by atoms with E-state index in [4.69, 9.17) is 29.0 Å². The zero-order chi connectivity index (χ0) is 34.7. The van der Waals surface area contributed by atoms with Gasteiger partial charge in [-0.3, -0.25) is 0 Å². The van der Waals surface area contributed by atoms with Crippen LogP contribution < -0.4 is 0 Å². The summed E-state index contributed by atoms with van der Waals surface area (Å²) in [5.74, 6) is 2.97. The van der Waals surface area contributed by atoms with Crippen molar-refractivity contribution in [2.24, 2.45) is 9.98 Å². The van der Waals surface area contributed by atoms with Gasteiger partial charge in [0, 0.05) is 25.2 Å². The van der Waals surface area contributed by atoms with E-state index >= 15 is 0 Å². The molecule has 0 aliphatic heterocycles. The van der Waals surface area contributed by atoms with Crippen LogP contribution >= 0.6 is 19.1 Å². The van der Waals surface area contributed by atoms with Crippen molar-refractivity contribution in [2.45, 2.75) is 79.1 Å². The van der Waals surface area contributed by atoms with Gasteiger partial charge in [0.15, 0.2) is 11.7 Å². The van der Waals surface area contributed by atoms with Crippen LogP contribution in [0, 0.1) is 0 Å². The van der Waals surface area contributed by atoms with Crippen LogP contribution in [0.2, 0.25) is 0 Å². The molecule has 4 rings (SSSR count). The summed E-state index contributed by atoms with van der Waals surface area (Å²) in [6.45, 7) is 18.0. The molecule has 254 valence electrons. The summed E-state index contributed by atoms with van der Waals surface area (Å²) >= 11 is -0.106. The van der Waals surface area contributed by atoms with Crippen molar-refractivity contribution in [3.05, 3.63) is 130 Å². The number of hydrogen-bond acceptors (Lipinski definition) is 3. The first-order valence-electron chi connectivity index (χ1n) is 16.3. The molecule has 0 bridgehead atoms. The van der Waals surface area contributed by atoms with Gasteiger partial charge in [-0.05, 0) is 45.9 Å². The van der Waals surface area contributed by atoms with Crippen molar-refractivity contribution in [1.29, 1.82) is 0 Å². The van der Waals surface area contributed by atoms with E-state index in [-0.39, 0.29) is 15.9 Å². The Balaban J connectivity index is 0.00000192. The molecule has 0 aliphatic carbocycles. The molecule has 0 fully saturated rings. The van der Waals surface area contributed by atoms with E-state index in [9.17, 15) is 0 Å². The molecule has 0 radical (unpaired) electrons. The van der Waals surface area contributed by atoms with Crippen molar-refractivity contribution >= 4 is 42.1 Å². The van der Waals surface area contributed by atoms with Gasteiger partial charge in [-0.2, -0.15) is 0 Å². The predicted octanol–water partition coefficient (Wildman–Crippen LogP) is 12.2. The summed E-state index contributed by atoms with van der Waals surface area (Å²) in [5.41, 5.74) is 9.12. The fraction of sp³-hybridized carbons (Fsp3) is 0.350. The van der Waals surface area contributed by atoms with Crippen LogP contribution in [0.4, 0.5) is 11.4 Å². The number of halogens is 2. The van der Waals surface area contributed by atoms with Crippen LogP contribution in [-0.4, -0.2) is 35.8 Å². The maximum atomic E-state index is 5.62. The number of amidine groups is 2. The van der Waals surface area contributed by atoms with Crippen LogP contribution in [0.15, 0.2) is 107 Å². The first-order chi connectivity index (χ1) is 22.4. The molecule has 4 nitrogen and oxygen atoms in total. The molecular formula is C40H50Cl2N4Pd. The van der Waals surface area contributed by atoms with E-state index in [1.165, 1.54) is 22.3 Å². The normalized spacial score (nSPS) is 12.4. The molecule has 47 heavy (non-hydrogen) atoms. The molecular weight excluding hydrogens is 714 g/mol. The Kier molecular flexibility index (Phi) is 15.4. The Hall–Kier alpha value is -2.78. The SMILES string of the molecule is CC(C)c1cccc(C(C)C)c1N=C(c1ccccc1)N(C(=Nc1c(C(C)C)cccc1C(C)C)c1ccccc1)N(C)C.[Cl][Pd][Cl]. The summed E-state index contributed by atoms with van der Waals surface area (Å²) in [6, 6.07) is 34.3. The van der Waals surface area contributed by atoms with Gasteiger partial charge >= 0.3 is 35.0 Å². The maximum absolute atomic E-state index is 5.62.